The molecule has 0 radical (unpaired) electrons. The van der Waals surface area contributed by atoms with Crippen molar-refractivity contribution in [3.05, 3.63) is 51.7 Å². The van der Waals surface area contributed by atoms with Gasteiger partial charge in [-0.15, -0.1) is 23.7 Å². The van der Waals surface area contributed by atoms with E-state index >= 15 is 0 Å². The van der Waals surface area contributed by atoms with E-state index < -0.39 is 0 Å². The van der Waals surface area contributed by atoms with Gasteiger partial charge in [0, 0.05) is 25.1 Å². The molecule has 1 atom stereocenters. The summed E-state index contributed by atoms with van der Waals surface area (Å²) in [5.74, 6) is 0.970. The summed E-state index contributed by atoms with van der Waals surface area (Å²) in [6.45, 7) is 6.28. The highest BCUT2D eigenvalue weighted by molar-refractivity contribution is 7.12. The Balaban J connectivity index is 0.00000225. The van der Waals surface area contributed by atoms with Gasteiger partial charge in [-0.2, -0.15) is 0 Å². The van der Waals surface area contributed by atoms with Gasteiger partial charge >= 0.3 is 0 Å². The van der Waals surface area contributed by atoms with E-state index in [2.05, 4.69) is 24.0 Å². The van der Waals surface area contributed by atoms with Crippen molar-refractivity contribution in [2.45, 2.75) is 45.8 Å². The van der Waals surface area contributed by atoms with Crippen molar-refractivity contribution in [2.24, 2.45) is 0 Å². The zero-order valence-electron chi connectivity index (χ0n) is 14.9. The fraction of sp³-hybridized carbons (Fsp3) is 0.450. The van der Waals surface area contributed by atoms with Crippen LogP contribution >= 0.6 is 23.7 Å². The van der Waals surface area contributed by atoms with Crippen molar-refractivity contribution in [2.75, 3.05) is 13.1 Å². The first kappa shape index (κ1) is 20.0. The Hall–Kier alpha value is -1.36. The normalized spacial score (nSPS) is 15.6. The van der Waals surface area contributed by atoms with Crippen LogP contribution in [0.2, 0.25) is 0 Å². The molecule has 136 valence electrons. The minimum Gasteiger partial charge on any atom is -0.473 e. The molecule has 0 bridgehead atoms. The minimum atomic E-state index is 0. The van der Waals surface area contributed by atoms with Crippen LogP contribution in [0.3, 0.4) is 0 Å². The first-order valence-corrected chi connectivity index (χ1v) is 9.59. The summed E-state index contributed by atoms with van der Waals surface area (Å²) in [5, 5.41) is 2.03. The number of hydrogen-bond donors (Lipinski definition) is 0. The minimum absolute atomic E-state index is 0. The molecule has 25 heavy (non-hydrogen) atoms. The van der Waals surface area contributed by atoms with Gasteiger partial charge in [-0.05, 0) is 44.1 Å². The van der Waals surface area contributed by atoms with Gasteiger partial charge in [0.25, 0.3) is 0 Å². The molecule has 1 fully saturated rings. The lowest BCUT2D eigenvalue weighted by atomic mass is 10.1. The summed E-state index contributed by atoms with van der Waals surface area (Å²) in [6, 6.07) is 10.2. The number of ketones is 1. The van der Waals surface area contributed by atoms with E-state index in [-0.39, 0.29) is 24.4 Å². The number of rotatable bonds is 7. The Morgan fingerprint density at radius 3 is 2.60 bits per heavy atom. The molecule has 1 unspecified atom stereocenters. The van der Waals surface area contributed by atoms with E-state index in [1.165, 1.54) is 29.7 Å². The molecule has 3 nitrogen and oxygen atoms in total. The number of aryl methyl sites for hydroxylation is 2. The summed E-state index contributed by atoms with van der Waals surface area (Å²) in [5.41, 5.74) is 2.26. The Kier molecular flexibility index (Phi) is 7.48. The van der Waals surface area contributed by atoms with Crippen molar-refractivity contribution in [1.82, 2.24) is 4.90 Å². The molecule has 0 amide bonds. The van der Waals surface area contributed by atoms with E-state index in [9.17, 15) is 4.79 Å². The largest absolute Gasteiger partial charge is 0.473 e. The molecular weight excluding hydrogens is 354 g/mol. The molecule has 0 N–H and O–H groups in total. The van der Waals surface area contributed by atoms with Crippen molar-refractivity contribution in [1.29, 1.82) is 0 Å². The molecule has 1 aromatic heterocycles. The van der Waals surface area contributed by atoms with Crippen LogP contribution in [0.5, 0.6) is 5.75 Å². The number of thiophene rings is 1. The van der Waals surface area contributed by atoms with Gasteiger partial charge < -0.3 is 4.74 Å². The zero-order chi connectivity index (χ0) is 16.9. The molecule has 1 saturated heterocycles. The van der Waals surface area contributed by atoms with Crippen molar-refractivity contribution >= 4 is 29.5 Å². The summed E-state index contributed by atoms with van der Waals surface area (Å²) in [6.07, 6.45) is 3.80. The second kappa shape index (κ2) is 9.37. The van der Waals surface area contributed by atoms with Gasteiger partial charge in [0.1, 0.15) is 16.9 Å². The van der Waals surface area contributed by atoms with Crippen LogP contribution in [0.15, 0.2) is 35.7 Å². The standard InChI is InChI=1S/C20H25NO2S.ClH/c1-15-14-24-20(18(22)11-10-17-8-4-3-5-9-17)19(15)23-16(2)21-12-6-7-13-21;/h3-5,8-9,14,16H,6-7,10-13H2,1-2H3;1H. The third-order valence-corrected chi connectivity index (χ3v) is 5.72. The SMILES string of the molecule is Cc1csc(C(=O)CCc2ccccc2)c1OC(C)N1CCCC1.Cl. The van der Waals surface area contributed by atoms with E-state index in [0.29, 0.717) is 6.42 Å². The number of carbonyl (C=O) groups excluding carboxylic acids is 1. The number of halogens is 1. The molecule has 0 aliphatic carbocycles. The average molecular weight is 380 g/mol. The molecular formula is C20H26ClNO2S. The van der Waals surface area contributed by atoms with Gasteiger partial charge in [0.15, 0.2) is 5.78 Å². The van der Waals surface area contributed by atoms with Crippen LogP contribution < -0.4 is 4.74 Å². The van der Waals surface area contributed by atoms with Gasteiger partial charge in [0.2, 0.25) is 0 Å². The number of Topliss-reactive ketones (excluding diaryl/α,β-unsaturated/α-hetero) is 1. The Bertz CT molecular complexity index is 680. The summed E-state index contributed by atoms with van der Waals surface area (Å²) < 4.78 is 6.19. The Labute approximate surface area is 160 Å². The van der Waals surface area contributed by atoms with Crippen molar-refractivity contribution < 1.29 is 9.53 Å². The number of nitrogens with zero attached hydrogens (tertiary/aromatic N) is 1. The second-order valence-electron chi connectivity index (χ2n) is 6.45. The van der Waals surface area contributed by atoms with Crippen LogP contribution in [-0.2, 0) is 6.42 Å². The lowest BCUT2D eigenvalue weighted by Crippen LogP contribution is -2.35. The Morgan fingerprint density at radius 1 is 1.24 bits per heavy atom. The van der Waals surface area contributed by atoms with Crippen molar-refractivity contribution in [3.63, 3.8) is 0 Å². The predicted molar refractivity (Wildman–Crippen MR) is 106 cm³/mol. The third kappa shape index (κ3) is 5.06. The van der Waals surface area contributed by atoms with Crippen molar-refractivity contribution in [3.8, 4) is 5.75 Å². The topological polar surface area (TPSA) is 29.5 Å². The monoisotopic (exact) mass is 379 g/mol. The quantitative estimate of drug-likeness (QED) is 0.625. The maximum atomic E-state index is 12.7. The molecule has 2 aromatic rings. The van der Waals surface area contributed by atoms with Gasteiger partial charge in [-0.25, -0.2) is 0 Å². The molecule has 1 aromatic carbocycles. The van der Waals surface area contributed by atoms with Crippen LogP contribution in [0, 0.1) is 6.92 Å². The zero-order valence-corrected chi connectivity index (χ0v) is 16.5. The second-order valence-corrected chi connectivity index (χ2v) is 7.33. The maximum Gasteiger partial charge on any atom is 0.176 e. The highest BCUT2D eigenvalue weighted by atomic mass is 35.5. The number of carbonyl (C=O) groups is 1. The first-order chi connectivity index (χ1) is 11.6. The molecule has 3 rings (SSSR count). The van der Waals surface area contributed by atoms with Crippen LogP contribution in [0.1, 0.15) is 47.0 Å². The molecule has 1 aliphatic rings. The highest BCUT2D eigenvalue weighted by Gasteiger charge is 2.23. The van der Waals surface area contributed by atoms with E-state index in [0.717, 1.165) is 35.7 Å². The number of hydrogen-bond acceptors (Lipinski definition) is 4. The smallest absolute Gasteiger partial charge is 0.176 e. The predicted octanol–water partition coefficient (Wildman–Crippen LogP) is 5.11. The van der Waals surface area contributed by atoms with Gasteiger partial charge in [0.05, 0.1) is 0 Å². The summed E-state index contributed by atoms with van der Waals surface area (Å²) in [7, 11) is 0. The van der Waals surface area contributed by atoms with Gasteiger partial charge in [-0.3, -0.25) is 9.69 Å². The number of likely N-dealkylation sites (tertiary alicyclic amines) is 1. The molecule has 2 heterocycles. The summed E-state index contributed by atoms with van der Waals surface area (Å²) >= 11 is 1.51. The van der Waals surface area contributed by atoms with Crippen LogP contribution in [0.4, 0.5) is 0 Å². The average Bonchev–Trinajstić information content (AvgIpc) is 3.25. The van der Waals surface area contributed by atoms with E-state index in [1.807, 2.05) is 30.5 Å². The van der Waals surface area contributed by atoms with Gasteiger partial charge in [-0.1, -0.05) is 30.3 Å². The molecule has 5 heteroatoms. The lowest BCUT2D eigenvalue weighted by molar-refractivity contribution is 0.0578. The first-order valence-electron chi connectivity index (χ1n) is 8.71. The van der Waals surface area contributed by atoms with E-state index in [4.69, 9.17) is 4.74 Å². The number of benzene rings is 1. The van der Waals surface area contributed by atoms with Crippen LogP contribution in [0.25, 0.3) is 0 Å². The Morgan fingerprint density at radius 2 is 1.92 bits per heavy atom. The number of ether oxygens (including phenoxy) is 1. The van der Waals surface area contributed by atoms with E-state index in [1.54, 1.807) is 0 Å². The maximum absolute atomic E-state index is 12.7. The fourth-order valence-electron chi connectivity index (χ4n) is 3.14. The highest BCUT2D eigenvalue weighted by Crippen LogP contribution is 2.33. The summed E-state index contributed by atoms with van der Waals surface area (Å²) in [4.78, 5) is 15.8. The third-order valence-electron chi connectivity index (χ3n) is 4.60. The molecule has 0 spiro atoms. The molecule has 1 aliphatic heterocycles. The lowest BCUT2D eigenvalue weighted by Gasteiger charge is -2.25. The fourth-order valence-corrected chi connectivity index (χ4v) is 4.09. The molecule has 0 saturated carbocycles. The van der Waals surface area contributed by atoms with Crippen LogP contribution in [-0.4, -0.2) is 30.0 Å².